The van der Waals surface area contributed by atoms with Crippen LogP contribution < -0.4 is 18.9 Å². The Morgan fingerprint density at radius 2 is 0.733 bits per heavy atom. The van der Waals surface area contributed by atoms with Crippen molar-refractivity contribution in [3.05, 3.63) is 96.1 Å². The number of esters is 1. The first-order chi connectivity index (χ1) is 45.5. The number of hydrogen-bond acceptors (Lipinski definition) is 8. The van der Waals surface area contributed by atoms with Crippen LogP contribution in [0.4, 0.5) is 0 Å². The number of carboxylic acid groups (broad SMARTS) is 1. The summed E-state index contributed by atoms with van der Waals surface area (Å²) in [5.41, 5.74) is 9.69. The third kappa shape index (κ3) is 28.6. The summed E-state index contributed by atoms with van der Waals surface area (Å²) >= 11 is 0. The second-order valence-corrected chi connectivity index (χ2v) is 56.1. The molecule has 0 saturated heterocycles. The summed E-state index contributed by atoms with van der Waals surface area (Å²) in [4.78, 5) is 22.7. The monoisotopic (exact) mass is 1470 g/mol. The maximum Gasteiger partial charge on any atom is 1.00 e. The largest absolute Gasteiger partial charge is 1.00 e. The van der Waals surface area contributed by atoms with E-state index in [2.05, 4.69) is 265 Å². The van der Waals surface area contributed by atoms with Gasteiger partial charge in [-0.15, -0.1) is 0 Å². The van der Waals surface area contributed by atoms with Gasteiger partial charge in [-0.1, -0.05) is 272 Å². The average Bonchev–Trinajstić information content (AvgIpc) is 1.76. The first kappa shape index (κ1) is 101. The summed E-state index contributed by atoms with van der Waals surface area (Å²) in [5, 5.41) is 9.11. The molecule has 15 heteroatoms. The van der Waals surface area contributed by atoms with Crippen molar-refractivity contribution in [2.24, 2.45) is 35.5 Å². The number of aryl methyl sites for hydroxylation is 2. The van der Waals surface area contributed by atoms with Crippen LogP contribution in [0.15, 0.2) is 85.0 Å². The van der Waals surface area contributed by atoms with Crippen molar-refractivity contribution in [2.75, 3.05) is 7.11 Å². The predicted molar refractivity (Wildman–Crippen MR) is 440 cm³/mol. The summed E-state index contributed by atoms with van der Waals surface area (Å²) in [6.07, 6.45) is 27.7. The van der Waals surface area contributed by atoms with Crippen molar-refractivity contribution in [3.8, 4) is 0 Å². The number of methoxy groups -OCH3 is 1. The number of benzene rings is 2. The minimum absolute atomic E-state index is 0. The third-order valence-corrected chi connectivity index (χ3v) is 49.3. The van der Waals surface area contributed by atoms with Gasteiger partial charge in [0, 0.05) is 37.3 Å². The van der Waals surface area contributed by atoms with Crippen LogP contribution in [0.5, 0.6) is 0 Å². The molecule has 0 radical (unpaired) electrons. The molecule has 582 valence electrons. The third-order valence-electron chi connectivity index (χ3n) is 24.7. The van der Waals surface area contributed by atoms with Crippen molar-refractivity contribution >= 4 is 45.2 Å². The zero-order chi connectivity index (χ0) is 73.2. The Labute approximate surface area is 640 Å². The second-order valence-electron chi connectivity index (χ2n) is 34.5. The smallest absolute Gasteiger partial charge is 0.870 e. The Hall–Kier alpha value is -1.92. The number of carbonyl (C=O) groups is 2. The maximum absolute atomic E-state index is 11.7. The van der Waals surface area contributed by atoms with Gasteiger partial charge in [0.05, 0.1) is 7.11 Å². The first-order valence-electron chi connectivity index (χ1n) is 39.9. The molecule has 0 amide bonds. The van der Waals surface area contributed by atoms with Gasteiger partial charge in [0.1, 0.15) is 0 Å². The van der Waals surface area contributed by atoms with Gasteiger partial charge in [-0.05, 0) is 216 Å². The fourth-order valence-corrected chi connectivity index (χ4v) is 42.8. The van der Waals surface area contributed by atoms with E-state index < -0.39 is 39.2 Å². The van der Waals surface area contributed by atoms with E-state index in [-0.39, 0.29) is 67.9 Å². The molecule has 2 aliphatic rings. The molecule has 101 heavy (non-hydrogen) atoms. The summed E-state index contributed by atoms with van der Waals surface area (Å²) in [6.45, 7) is 62.9. The molecule has 0 unspecified atom stereocenters. The van der Waals surface area contributed by atoms with Crippen LogP contribution in [0, 0.1) is 35.5 Å². The molecule has 4 rings (SSSR count). The predicted octanol–water partition coefficient (Wildman–Crippen LogP) is 22.7. The summed E-state index contributed by atoms with van der Waals surface area (Å²) in [6, 6.07) is 22.0. The first-order valence-corrected chi connectivity index (χ1v) is 48.5. The van der Waals surface area contributed by atoms with Crippen molar-refractivity contribution < 1.29 is 66.9 Å². The van der Waals surface area contributed by atoms with E-state index in [0.717, 1.165) is 83.5 Å². The molecule has 2 fully saturated rings. The van der Waals surface area contributed by atoms with Gasteiger partial charge in [0.15, 0.2) is 0 Å². The Morgan fingerprint density at radius 3 is 1.00 bits per heavy atom. The number of hydrogen-bond donors (Lipinski definition) is 1. The second kappa shape index (κ2) is 49.2. The number of unbranched alkanes of at least 4 members (excludes halogenated alkanes) is 2. The Kier molecular flexibility index (Phi) is 49.3. The van der Waals surface area contributed by atoms with Crippen molar-refractivity contribution in [3.63, 3.8) is 0 Å². The normalized spacial score (nSPS) is 20.7. The molecule has 10 atom stereocenters. The van der Waals surface area contributed by atoms with Gasteiger partial charge in [0.25, 0.3) is 0 Å². The topological polar surface area (TPSA) is 162 Å². The molecule has 0 aromatic heterocycles. The maximum atomic E-state index is 11.7. The molecule has 10 nitrogen and oxygen atoms in total. The number of rotatable bonds is 44. The molecule has 0 aliphatic heterocycles. The van der Waals surface area contributed by atoms with Gasteiger partial charge in [-0.25, -0.2) is 0 Å². The minimum Gasteiger partial charge on any atom is -0.870 e. The van der Waals surface area contributed by atoms with Crippen molar-refractivity contribution in [1.82, 2.24) is 0 Å². The fraction of sp³-hybridized carbons (Fsp3) is 0.791. The van der Waals surface area contributed by atoms with E-state index >= 15 is 0 Å². The molecular weight excluding hydrogens is 1310 g/mol. The van der Waals surface area contributed by atoms with E-state index in [1.165, 1.54) is 31.1 Å². The number of carbonyl (C=O) groups excluding carboxylic acids is 1. The van der Waals surface area contributed by atoms with Crippen LogP contribution in [0.3, 0.4) is 0 Å². The summed E-state index contributed by atoms with van der Waals surface area (Å²) in [7, 11) is -6.66. The van der Waals surface area contributed by atoms with Crippen LogP contribution in [0.2, 0.25) is 66.5 Å². The zero-order valence-corrected chi connectivity index (χ0v) is 73.8. The SMILES string of the molecule is C.CC(C)[Si](O[C@@H](CCc1ccccc1)CC[C@@H]1[C@@H](C/C=C\CCCC(=O)O)[C@@H](O[Si](C(C)C)(C(C)C)C(C)C)C[C@H]1C)(C(C)C)C(C)C.COC(=O)CCC/C=C\C[C@@H]1[C@@H](CC[C@H](CCc2ccccc2)O[Si](C(C)C)(C(C)C)C(C)C)[C@H](C)C[C@@H]1O[Si](C(C)C)(C(C)C)C(C)C.O.[Li+].[OH-]. The Bertz CT molecular complexity index is 2450. The van der Waals surface area contributed by atoms with Crippen LogP contribution >= 0.6 is 0 Å². The fourth-order valence-electron chi connectivity index (χ4n) is 20.3. The van der Waals surface area contributed by atoms with Gasteiger partial charge < -0.3 is 38.5 Å². The van der Waals surface area contributed by atoms with E-state index in [9.17, 15) is 9.59 Å². The Balaban J connectivity index is 0. The molecule has 2 aromatic rings. The van der Waals surface area contributed by atoms with Gasteiger partial charge >= 0.3 is 30.8 Å². The molecule has 2 aromatic carbocycles. The molecule has 2 saturated carbocycles. The number of carboxylic acids is 1. The molecule has 0 spiro atoms. The van der Waals surface area contributed by atoms with Crippen molar-refractivity contribution in [1.29, 1.82) is 0 Å². The quantitative estimate of drug-likeness (QED) is 0.0295. The number of allylic oxidation sites excluding steroid dienone is 4. The zero-order valence-electron chi connectivity index (χ0n) is 69.8. The standard InChI is InChI=1S/C43H78O4Si2.C42H76O4Si2.CH4.Li.2H2O/c1-31(2)48(32(3)4,33(5)6)46-39(27-26-38-22-18-17-19-23-38)28-29-40-37(13)30-42(47-49(34(7)8,35(9)10)36(11)12)41(40)24-20-15-16-21-25-43(44)45-14;1-30(2)47(31(3)4,32(5)6)45-38(26-25-37-21-17-16-18-22-37)27-28-39-36(13)29-41(40(39)23-19-14-15-20-24-42(43)44)46-48(33(7)8,34(9)10)35(11)12;;;;/h15,17-20,22-23,31-37,39-42H,16,21,24-30H2,1-14H3;14,16-19,21-22,30-36,38-41H,15,20,23-29H2,1-13H3,(H,43,44);1H4;;2*1H2/q;;;+1;;/p-1/b20-15-;19-14-;;;;/t37-,39+,40+,41-,42+;36-,38+,39+,40-,41+;;;;/m11..../s1. The number of aliphatic carboxylic acids is 1. The average molecular weight is 1470 g/mol. The van der Waals surface area contributed by atoms with Crippen LogP contribution in [0.1, 0.15) is 301 Å². The summed E-state index contributed by atoms with van der Waals surface area (Å²) < 4.78 is 35.2. The number of ether oxygens (including phenoxy) is 1. The minimum atomic E-state index is -2.04. The van der Waals surface area contributed by atoms with Crippen LogP contribution in [-0.4, -0.2) is 92.8 Å². The molecule has 2 aliphatic carbocycles. The van der Waals surface area contributed by atoms with E-state index in [1.807, 2.05) is 0 Å². The van der Waals surface area contributed by atoms with E-state index in [4.69, 9.17) is 27.5 Å². The molecule has 4 N–H and O–H groups in total. The van der Waals surface area contributed by atoms with Gasteiger partial charge in [0.2, 0.25) is 33.3 Å². The van der Waals surface area contributed by atoms with Gasteiger partial charge in [-0.3, -0.25) is 9.59 Å². The van der Waals surface area contributed by atoms with E-state index in [1.54, 1.807) is 0 Å². The molecular formula is C86H161LiO10Si4. The van der Waals surface area contributed by atoms with E-state index in [0.29, 0.717) is 121 Å². The Morgan fingerprint density at radius 1 is 0.446 bits per heavy atom. The molecule has 0 bridgehead atoms. The summed E-state index contributed by atoms with van der Waals surface area (Å²) in [5.74, 6) is 2.60. The van der Waals surface area contributed by atoms with Gasteiger partial charge in [-0.2, -0.15) is 0 Å². The van der Waals surface area contributed by atoms with Crippen molar-refractivity contribution in [2.45, 2.75) is 394 Å². The molecule has 0 heterocycles. The van der Waals surface area contributed by atoms with Crippen LogP contribution in [0.25, 0.3) is 0 Å². The van der Waals surface area contributed by atoms with Crippen LogP contribution in [-0.2, 0) is 44.9 Å².